The quantitative estimate of drug-likeness (QED) is 0.726. The molecule has 0 aromatic carbocycles. The summed E-state index contributed by atoms with van der Waals surface area (Å²) in [4.78, 5) is 18.8. The summed E-state index contributed by atoms with van der Waals surface area (Å²) in [6.07, 6.45) is 5.28. The maximum atomic E-state index is 11.7. The Kier molecular flexibility index (Phi) is 2.52. The third-order valence-corrected chi connectivity index (χ3v) is 2.70. The third-order valence-electron chi connectivity index (χ3n) is 2.70. The minimum atomic E-state index is -0.213. The summed E-state index contributed by atoms with van der Waals surface area (Å²) >= 11 is 0. The average molecular weight is 256 g/mol. The Hall–Kier alpha value is -2.70. The van der Waals surface area contributed by atoms with E-state index in [4.69, 9.17) is 0 Å². The van der Waals surface area contributed by atoms with Crippen LogP contribution < -0.4 is 5.56 Å². The first-order chi connectivity index (χ1) is 9.11. The maximum absolute atomic E-state index is 11.7. The first-order valence-corrected chi connectivity index (χ1v) is 5.72. The van der Waals surface area contributed by atoms with Gasteiger partial charge in [-0.25, -0.2) is 4.98 Å². The molecule has 0 fully saturated rings. The molecule has 0 aliphatic rings. The van der Waals surface area contributed by atoms with Gasteiger partial charge < -0.3 is 4.98 Å². The summed E-state index contributed by atoms with van der Waals surface area (Å²) in [5, 5.41) is 8.30. The van der Waals surface area contributed by atoms with Crippen molar-refractivity contribution >= 4 is 0 Å². The minimum absolute atomic E-state index is 0.213. The lowest BCUT2D eigenvalue weighted by atomic mass is 10.2. The molecule has 0 saturated heterocycles. The number of hydrogen-bond acceptors (Lipinski definition) is 4. The summed E-state index contributed by atoms with van der Waals surface area (Å²) in [6.45, 7) is 0. The van der Waals surface area contributed by atoms with Crippen LogP contribution in [0.2, 0.25) is 0 Å². The molecule has 19 heavy (non-hydrogen) atoms. The number of H-pyrrole nitrogens is 1. The van der Waals surface area contributed by atoms with E-state index in [0.717, 1.165) is 5.56 Å². The zero-order valence-corrected chi connectivity index (χ0v) is 10.5. The Morgan fingerprint density at radius 1 is 1.21 bits per heavy atom. The molecule has 3 aromatic rings. The van der Waals surface area contributed by atoms with Crippen LogP contribution >= 0.6 is 0 Å². The SMILES string of the molecule is Cn1cc(-c2cc(=O)[nH]c(-c3ccn(C)n3)n2)cn1. The molecule has 3 rings (SSSR count). The van der Waals surface area contributed by atoms with Gasteiger partial charge in [0, 0.05) is 38.1 Å². The molecule has 7 heteroatoms. The highest BCUT2D eigenvalue weighted by Gasteiger charge is 2.09. The van der Waals surface area contributed by atoms with Crippen molar-refractivity contribution in [1.82, 2.24) is 29.5 Å². The number of rotatable bonds is 2. The number of nitrogens with zero attached hydrogens (tertiary/aromatic N) is 5. The molecule has 0 unspecified atom stereocenters. The molecule has 0 spiro atoms. The van der Waals surface area contributed by atoms with Gasteiger partial charge in [-0.3, -0.25) is 14.2 Å². The van der Waals surface area contributed by atoms with E-state index in [2.05, 4.69) is 20.2 Å². The smallest absolute Gasteiger partial charge is 0.251 e. The van der Waals surface area contributed by atoms with Crippen molar-refractivity contribution in [1.29, 1.82) is 0 Å². The van der Waals surface area contributed by atoms with E-state index in [0.29, 0.717) is 17.2 Å². The van der Waals surface area contributed by atoms with Crippen molar-refractivity contribution in [3.8, 4) is 22.8 Å². The zero-order valence-electron chi connectivity index (χ0n) is 10.5. The van der Waals surface area contributed by atoms with Crippen LogP contribution in [0, 0.1) is 0 Å². The van der Waals surface area contributed by atoms with Crippen molar-refractivity contribution in [3.63, 3.8) is 0 Å². The van der Waals surface area contributed by atoms with Gasteiger partial charge in [0.25, 0.3) is 5.56 Å². The molecule has 0 saturated carbocycles. The Morgan fingerprint density at radius 3 is 2.68 bits per heavy atom. The summed E-state index contributed by atoms with van der Waals surface area (Å²) in [5.41, 5.74) is 1.79. The maximum Gasteiger partial charge on any atom is 0.251 e. The first-order valence-electron chi connectivity index (χ1n) is 5.72. The van der Waals surface area contributed by atoms with Gasteiger partial charge in [0.1, 0.15) is 5.69 Å². The van der Waals surface area contributed by atoms with Gasteiger partial charge in [0.05, 0.1) is 11.9 Å². The minimum Gasteiger partial charge on any atom is -0.305 e. The van der Waals surface area contributed by atoms with Crippen molar-refractivity contribution in [3.05, 3.63) is 41.1 Å². The number of aromatic nitrogens is 6. The van der Waals surface area contributed by atoms with Crippen LogP contribution in [0.1, 0.15) is 0 Å². The van der Waals surface area contributed by atoms with Crippen molar-refractivity contribution in [2.45, 2.75) is 0 Å². The van der Waals surface area contributed by atoms with Crippen LogP contribution in [0.3, 0.4) is 0 Å². The van der Waals surface area contributed by atoms with Gasteiger partial charge >= 0.3 is 0 Å². The zero-order chi connectivity index (χ0) is 13.4. The molecular formula is C12H12N6O. The van der Waals surface area contributed by atoms with Crippen LogP contribution in [0.4, 0.5) is 0 Å². The topological polar surface area (TPSA) is 81.4 Å². The van der Waals surface area contributed by atoms with Gasteiger partial charge in [0.2, 0.25) is 0 Å². The summed E-state index contributed by atoms with van der Waals surface area (Å²) in [5.74, 6) is 0.451. The van der Waals surface area contributed by atoms with Gasteiger partial charge in [0.15, 0.2) is 5.82 Å². The fourth-order valence-electron chi connectivity index (χ4n) is 1.82. The predicted molar refractivity (Wildman–Crippen MR) is 69.3 cm³/mol. The van der Waals surface area contributed by atoms with Crippen LogP contribution in [0.5, 0.6) is 0 Å². The van der Waals surface area contributed by atoms with Crippen LogP contribution in [0.15, 0.2) is 35.5 Å². The van der Waals surface area contributed by atoms with Gasteiger partial charge in [-0.2, -0.15) is 10.2 Å². The third kappa shape index (κ3) is 2.17. The lowest BCUT2D eigenvalue weighted by molar-refractivity contribution is 0.767. The van der Waals surface area contributed by atoms with Crippen LogP contribution in [-0.4, -0.2) is 29.5 Å². The monoisotopic (exact) mass is 256 g/mol. The summed E-state index contributed by atoms with van der Waals surface area (Å²) in [6, 6.07) is 3.24. The Balaban J connectivity index is 2.13. The van der Waals surface area contributed by atoms with Crippen LogP contribution in [-0.2, 0) is 14.1 Å². The van der Waals surface area contributed by atoms with E-state index in [9.17, 15) is 4.79 Å². The summed E-state index contributed by atoms with van der Waals surface area (Å²) in [7, 11) is 3.63. The second kappa shape index (κ2) is 4.20. The lowest BCUT2D eigenvalue weighted by Gasteiger charge is -2.00. The van der Waals surface area contributed by atoms with E-state index >= 15 is 0 Å². The summed E-state index contributed by atoms with van der Waals surface area (Å²) < 4.78 is 3.32. The van der Waals surface area contributed by atoms with E-state index in [-0.39, 0.29) is 5.56 Å². The molecule has 0 aliphatic heterocycles. The van der Waals surface area contributed by atoms with Crippen molar-refractivity contribution < 1.29 is 0 Å². The molecule has 0 bridgehead atoms. The highest BCUT2D eigenvalue weighted by atomic mass is 16.1. The van der Waals surface area contributed by atoms with E-state index in [1.165, 1.54) is 6.07 Å². The first kappa shape index (κ1) is 11.4. The molecule has 0 amide bonds. The standard InChI is InChI=1S/C12H12N6O/c1-17-4-3-9(16-17)12-14-10(5-11(19)15-12)8-6-13-18(2)7-8/h3-7H,1-2H3,(H,14,15,19). The molecule has 1 N–H and O–H groups in total. The van der Waals surface area contributed by atoms with E-state index in [1.807, 2.05) is 20.3 Å². The fraction of sp³-hybridized carbons (Fsp3) is 0.167. The molecule has 0 atom stereocenters. The Morgan fingerprint density at radius 2 is 2.05 bits per heavy atom. The highest BCUT2D eigenvalue weighted by molar-refractivity contribution is 5.60. The normalized spacial score (nSPS) is 10.8. The van der Waals surface area contributed by atoms with Crippen LogP contribution in [0.25, 0.3) is 22.8 Å². The second-order valence-electron chi connectivity index (χ2n) is 4.26. The largest absolute Gasteiger partial charge is 0.305 e. The number of aryl methyl sites for hydroxylation is 2. The van der Waals surface area contributed by atoms with E-state index < -0.39 is 0 Å². The molecule has 3 aromatic heterocycles. The van der Waals surface area contributed by atoms with Gasteiger partial charge in [-0.1, -0.05) is 0 Å². The number of nitrogens with one attached hydrogen (secondary N) is 1. The highest BCUT2D eigenvalue weighted by Crippen LogP contribution is 2.17. The lowest BCUT2D eigenvalue weighted by Crippen LogP contribution is -2.08. The van der Waals surface area contributed by atoms with Gasteiger partial charge in [-0.15, -0.1) is 0 Å². The molecular weight excluding hydrogens is 244 g/mol. The molecule has 3 heterocycles. The van der Waals surface area contributed by atoms with E-state index in [1.54, 1.807) is 27.8 Å². The molecule has 0 aliphatic carbocycles. The molecule has 96 valence electrons. The molecule has 7 nitrogen and oxygen atoms in total. The molecule has 0 radical (unpaired) electrons. The predicted octanol–water partition coefficient (Wildman–Crippen LogP) is 0.571. The Labute approximate surface area is 108 Å². The average Bonchev–Trinajstić information content (AvgIpc) is 2.97. The van der Waals surface area contributed by atoms with Crippen molar-refractivity contribution in [2.75, 3.05) is 0 Å². The second-order valence-corrected chi connectivity index (χ2v) is 4.26. The Bertz CT molecular complexity index is 720. The number of aromatic amines is 1. The van der Waals surface area contributed by atoms with Crippen molar-refractivity contribution in [2.24, 2.45) is 14.1 Å². The fourth-order valence-corrected chi connectivity index (χ4v) is 1.82. The van der Waals surface area contributed by atoms with Gasteiger partial charge in [-0.05, 0) is 6.07 Å². The number of hydrogen-bond donors (Lipinski definition) is 1.